The molecule has 1 atom stereocenters. The van der Waals surface area contributed by atoms with Gasteiger partial charge in [0.25, 0.3) is 0 Å². The number of amides is 1. The number of piperazine rings is 1. The van der Waals surface area contributed by atoms with E-state index in [2.05, 4.69) is 17.2 Å². The lowest BCUT2D eigenvalue weighted by Crippen LogP contribution is -2.50. The first-order chi connectivity index (χ1) is 18.2. The highest BCUT2D eigenvalue weighted by molar-refractivity contribution is 7.99. The van der Waals surface area contributed by atoms with Crippen molar-refractivity contribution >= 4 is 34.8 Å². The van der Waals surface area contributed by atoms with Crippen molar-refractivity contribution in [3.63, 3.8) is 0 Å². The largest absolute Gasteiger partial charge is 0.417 e. The Morgan fingerprint density at radius 3 is 2.61 bits per heavy atom. The maximum absolute atomic E-state index is 14.8. The van der Waals surface area contributed by atoms with Gasteiger partial charge < -0.3 is 25.2 Å². The standard InChI is InChI=1S/C26H31F4N5O2S/c1-3-21(36)34-8-10-35(11-9-34)25(31)18-13-19(26(28,29)30)22(17-5-4-6-20(17)27)24-23(18)33-14-16(15-38-24)37-12-7-32-2/h3,5-6,13,16,31-33H,1,4,7-12,14-15H2,2H3. The summed E-state index contributed by atoms with van der Waals surface area (Å²) in [6.45, 7) is 6.11. The number of ether oxygens (including phenoxy) is 1. The number of carbonyl (C=O) groups excluding carboxylic acids is 1. The Morgan fingerprint density at radius 2 is 2.00 bits per heavy atom. The van der Waals surface area contributed by atoms with E-state index >= 15 is 0 Å². The first-order valence-electron chi connectivity index (χ1n) is 12.4. The van der Waals surface area contributed by atoms with Crippen molar-refractivity contribution in [2.45, 2.75) is 23.6 Å². The predicted molar refractivity (Wildman–Crippen MR) is 141 cm³/mol. The summed E-state index contributed by atoms with van der Waals surface area (Å²) in [5, 5.41) is 15.1. The molecular weight excluding hydrogens is 522 g/mol. The number of carbonyl (C=O) groups is 1. The third-order valence-corrected chi connectivity index (χ3v) is 7.93. The van der Waals surface area contributed by atoms with Crippen LogP contribution in [0.25, 0.3) is 5.57 Å². The number of thioether (sulfide) groups is 1. The summed E-state index contributed by atoms with van der Waals surface area (Å²) >= 11 is 1.19. The van der Waals surface area contributed by atoms with E-state index in [4.69, 9.17) is 10.1 Å². The number of anilines is 1. The van der Waals surface area contributed by atoms with Crippen LogP contribution < -0.4 is 10.6 Å². The number of hydrogen-bond acceptors (Lipinski definition) is 6. The van der Waals surface area contributed by atoms with Gasteiger partial charge in [-0.3, -0.25) is 10.2 Å². The van der Waals surface area contributed by atoms with E-state index in [0.717, 1.165) is 6.07 Å². The molecular formula is C26H31F4N5O2S. The van der Waals surface area contributed by atoms with Gasteiger partial charge in [0.1, 0.15) is 11.7 Å². The fourth-order valence-electron chi connectivity index (χ4n) is 4.70. The van der Waals surface area contributed by atoms with Gasteiger partial charge in [0.05, 0.1) is 24.0 Å². The quantitative estimate of drug-likeness (QED) is 0.155. The highest BCUT2D eigenvalue weighted by atomic mass is 32.2. The van der Waals surface area contributed by atoms with Gasteiger partial charge in [-0.15, -0.1) is 11.8 Å². The molecule has 0 radical (unpaired) electrons. The Labute approximate surface area is 223 Å². The molecule has 2 heterocycles. The van der Waals surface area contributed by atoms with Crippen molar-refractivity contribution in [3.05, 3.63) is 53.4 Å². The lowest BCUT2D eigenvalue weighted by atomic mass is 9.94. The average molecular weight is 554 g/mol. The fourth-order valence-corrected chi connectivity index (χ4v) is 5.96. The fraction of sp³-hybridized carbons (Fsp3) is 0.462. The predicted octanol–water partition coefficient (Wildman–Crippen LogP) is 4.12. The van der Waals surface area contributed by atoms with E-state index in [1.807, 2.05) is 0 Å². The number of fused-ring (bicyclic) bond motifs is 1. The molecule has 3 N–H and O–H groups in total. The first-order valence-corrected chi connectivity index (χ1v) is 13.4. The van der Waals surface area contributed by atoms with Gasteiger partial charge >= 0.3 is 6.18 Å². The molecule has 0 bridgehead atoms. The SMILES string of the molecule is C=CC(=O)N1CCN(C(=N)c2cc(C(F)(F)F)c(C3=CCC=C3F)c3c2NCC(OCCNC)CS3)CC1. The number of nitrogens with zero attached hydrogens (tertiary/aromatic N) is 2. The highest BCUT2D eigenvalue weighted by Gasteiger charge is 2.40. The Morgan fingerprint density at radius 1 is 1.29 bits per heavy atom. The number of halogens is 4. The van der Waals surface area contributed by atoms with Crippen molar-refractivity contribution < 1.29 is 27.1 Å². The summed E-state index contributed by atoms with van der Waals surface area (Å²) in [5.41, 5.74) is -0.798. The lowest BCUT2D eigenvalue weighted by Gasteiger charge is -2.36. The number of hydrogen-bond donors (Lipinski definition) is 3. The molecule has 0 spiro atoms. The Hall–Kier alpha value is -2.83. The number of likely N-dealkylation sites (N-methyl/N-ethyl adjacent to an activating group) is 1. The Kier molecular flexibility index (Phi) is 8.84. The van der Waals surface area contributed by atoms with Crippen LogP contribution in [0.5, 0.6) is 0 Å². The van der Waals surface area contributed by atoms with Crippen LogP contribution >= 0.6 is 11.8 Å². The molecule has 1 aromatic carbocycles. The summed E-state index contributed by atoms with van der Waals surface area (Å²) in [7, 11) is 1.80. The molecule has 2 aliphatic heterocycles. The van der Waals surface area contributed by atoms with E-state index in [0.29, 0.717) is 57.3 Å². The van der Waals surface area contributed by atoms with Gasteiger partial charge in [0.15, 0.2) is 0 Å². The van der Waals surface area contributed by atoms with Crippen molar-refractivity contribution in [2.75, 3.05) is 64.0 Å². The van der Waals surface area contributed by atoms with Crippen molar-refractivity contribution in [1.29, 1.82) is 5.41 Å². The molecule has 38 heavy (non-hydrogen) atoms. The monoisotopic (exact) mass is 553 g/mol. The number of allylic oxidation sites excluding steroid dienone is 4. The highest BCUT2D eigenvalue weighted by Crippen LogP contribution is 2.49. The van der Waals surface area contributed by atoms with Crippen LogP contribution in [-0.2, 0) is 15.7 Å². The second-order valence-corrected chi connectivity index (χ2v) is 10.1. The number of benzene rings is 1. The minimum absolute atomic E-state index is 0.0768. The van der Waals surface area contributed by atoms with Crippen molar-refractivity contribution in [1.82, 2.24) is 15.1 Å². The molecule has 0 saturated carbocycles. The minimum Gasteiger partial charge on any atom is -0.381 e. The van der Waals surface area contributed by atoms with Gasteiger partial charge in [0, 0.05) is 66.6 Å². The normalized spacial score (nSPS) is 19.8. The maximum Gasteiger partial charge on any atom is 0.417 e. The summed E-state index contributed by atoms with van der Waals surface area (Å²) in [6, 6.07) is 0.958. The topological polar surface area (TPSA) is 80.7 Å². The molecule has 1 saturated heterocycles. The zero-order chi connectivity index (χ0) is 27.4. The first kappa shape index (κ1) is 28.2. The molecule has 1 aromatic rings. The van der Waals surface area contributed by atoms with Crippen LogP contribution in [0.1, 0.15) is 23.1 Å². The van der Waals surface area contributed by atoms with Gasteiger partial charge in [-0.1, -0.05) is 12.7 Å². The van der Waals surface area contributed by atoms with Crippen molar-refractivity contribution in [3.8, 4) is 0 Å². The minimum atomic E-state index is -4.77. The van der Waals surface area contributed by atoms with Gasteiger partial charge in [-0.05, 0) is 31.7 Å². The number of nitrogens with one attached hydrogen (secondary N) is 3. The zero-order valence-corrected chi connectivity index (χ0v) is 21.9. The molecule has 1 fully saturated rings. The Bertz CT molecular complexity index is 1160. The van der Waals surface area contributed by atoms with Crippen LogP contribution in [0.4, 0.5) is 23.2 Å². The second-order valence-electron chi connectivity index (χ2n) is 9.11. The second kappa shape index (κ2) is 11.9. The van der Waals surface area contributed by atoms with Crippen LogP contribution in [0.3, 0.4) is 0 Å². The van der Waals surface area contributed by atoms with Gasteiger partial charge in [0.2, 0.25) is 5.91 Å². The molecule has 0 aromatic heterocycles. The molecule has 1 unspecified atom stereocenters. The molecule has 206 valence electrons. The van der Waals surface area contributed by atoms with E-state index in [-0.39, 0.29) is 45.9 Å². The zero-order valence-electron chi connectivity index (χ0n) is 21.1. The number of alkyl halides is 3. The Balaban J connectivity index is 1.76. The molecule has 12 heteroatoms. The molecule has 7 nitrogen and oxygen atoms in total. The summed E-state index contributed by atoms with van der Waals surface area (Å²) in [4.78, 5) is 15.5. The van der Waals surface area contributed by atoms with Gasteiger partial charge in [-0.25, -0.2) is 4.39 Å². The van der Waals surface area contributed by atoms with Crippen molar-refractivity contribution in [2.24, 2.45) is 0 Å². The molecule has 4 rings (SSSR count). The summed E-state index contributed by atoms with van der Waals surface area (Å²) in [6.07, 6.45) is -0.902. The van der Waals surface area contributed by atoms with E-state index < -0.39 is 17.6 Å². The third-order valence-electron chi connectivity index (χ3n) is 6.70. The summed E-state index contributed by atoms with van der Waals surface area (Å²) in [5.74, 6) is -0.625. The van der Waals surface area contributed by atoms with Crippen LogP contribution in [0, 0.1) is 5.41 Å². The maximum atomic E-state index is 14.8. The van der Waals surface area contributed by atoms with Crippen LogP contribution in [-0.4, -0.2) is 86.3 Å². The molecule has 3 aliphatic rings. The van der Waals surface area contributed by atoms with E-state index in [1.54, 1.807) is 16.8 Å². The molecule has 1 aliphatic carbocycles. The van der Waals surface area contributed by atoms with E-state index in [9.17, 15) is 22.4 Å². The molecule has 1 amide bonds. The van der Waals surface area contributed by atoms with Crippen LogP contribution in [0.2, 0.25) is 0 Å². The smallest absolute Gasteiger partial charge is 0.381 e. The van der Waals surface area contributed by atoms with Crippen LogP contribution in [0.15, 0.2) is 41.6 Å². The van der Waals surface area contributed by atoms with Gasteiger partial charge in [-0.2, -0.15) is 13.2 Å². The number of rotatable bonds is 7. The summed E-state index contributed by atoms with van der Waals surface area (Å²) < 4.78 is 64.1. The van der Waals surface area contributed by atoms with E-state index in [1.165, 1.54) is 30.0 Å². The average Bonchev–Trinajstić information content (AvgIpc) is 3.21. The number of amidine groups is 1. The lowest BCUT2D eigenvalue weighted by molar-refractivity contribution is -0.138. The third kappa shape index (κ3) is 5.92.